The number of aryl methyl sites for hydroxylation is 2. The van der Waals surface area contributed by atoms with Crippen LogP contribution in [0.1, 0.15) is 12.6 Å². The van der Waals surface area contributed by atoms with Crippen LogP contribution in [0, 0.1) is 6.92 Å². The van der Waals surface area contributed by atoms with E-state index in [1.165, 1.54) is 19.2 Å². The number of nitrogens with zero attached hydrogens (tertiary/aromatic N) is 2. The molecule has 20 heavy (non-hydrogen) atoms. The fraction of sp³-hybridized carbons (Fsp3) is 0.308. The first-order chi connectivity index (χ1) is 9.46. The Labute approximate surface area is 118 Å². The molecule has 2 rings (SSSR count). The number of sulfonamides is 1. The summed E-state index contributed by atoms with van der Waals surface area (Å²) < 4.78 is 33.8. The first-order valence-corrected chi connectivity index (χ1v) is 7.65. The van der Waals surface area contributed by atoms with E-state index in [2.05, 4.69) is 9.82 Å². The summed E-state index contributed by atoms with van der Waals surface area (Å²) in [6.07, 6.45) is 1.68. The summed E-state index contributed by atoms with van der Waals surface area (Å²) in [6, 6.07) is 6.22. The van der Waals surface area contributed by atoms with E-state index in [0.717, 1.165) is 0 Å². The molecule has 108 valence electrons. The molecule has 1 aromatic heterocycles. The number of ether oxygens (including phenoxy) is 1. The largest absolute Gasteiger partial charge is 0.497 e. The van der Waals surface area contributed by atoms with E-state index < -0.39 is 10.0 Å². The molecule has 0 aliphatic carbocycles. The lowest BCUT2D eigenvalue weighted by atomic mass is 10.3. The van der Waals surface area contributed by atoms with Crippen molar-refractivity contribution < 1.29 is 13.2 Å². The molecular formula is C13H17N3O3S. The molecule has 0 aliphatic rings. The summed E-state index contributed by atoms with van der Waals surface area (Å²) in [5.74, 6) is 0.610. The Morgan fingerprint density at radius 1 is 1.30 bits per heavy atom. The Kier molecular flexibility index (Phi) is 3.99. The fourth-order valence-corrected chi connectivity index (χ4v) is 2.84. The second-order valence-electron chi connectivity index (χ2n) is 4.26. The molecule has 0 radical (unpaired) electrons. The predicted molar refractivity (Wildman–Crippen MR) is 76.4 cm³/mol. The second kappa shape index (κ2) is 5.54. The summed E-state index contributed by atoms with van der Waals surface area (Å²) >= 11 is 0. The van der Waals surface area contributed by atoms with Gasteiger partial charge in [-0.3, -0.25) is 9.40 Å². The summed E-state index contributed by atoms with van der Waals surface area (Å²) in [5.41, 5.74) is 1.13. The van der Waals surface area contributed by atoms with Crippen molar-refractivity contribution in [2.75, 3.05) is 11.8 Å². The van der Waals surface area contributed by atoms with Gasteiger partial charge in [0.1, 0.15) is 5.75 Å². The monoisotopic (exact) mass is 295 g/mol. The van der Waals surface area contributed by atoms with Crippen molar-refractivity contribution in [3.05, 3.63) is 36.2 Å². The first kappa shape index (κ1) is 14.4. The van der Waals surface area contributed by atoms with Gasteiger partial charge in [-0.1, -0.05) is 0 Å². The molecule has 0 saturated heterocycles. The number of hydrogen-bond donors (Lipinski definition) is 1. The molecule has 7 heteroatoms. The smallest absolute Gasteiger partial charge is 0.262 e. The van der Waals surface area contributed by atoms with Crippen LogP contribution in [-0.4, -0.2) is 25.3 Å². The molecule has 1 heterocycles. The lowest BCUT2D eigenvalue weighted by molar-refractivity contribution is 0.414. The van der Waals surface area contributed by atoms with Crippen molar-refractivity contribution in [2.24, 2.45) is 0 Å². The average molecular weight is 295 g/mol. The maximum Gasteiger partial charge on any atom is 0.262 e. The summed E-state index contributed by atoms with van der Waals surface area (Å²) in [7, 11) is -2.08. The molecule has 0 amide bonds. The van der Waals surface area contributed by atoms with E-state index in [1.54, 1.807) is 29.9 Å². The predicted octanol–water partition coefficient (Wildman–Crippen LogP) is 2.02. The minimum atomic E-state index is -3.61. The van der Waals surface area contributed by atoms with Crippen LogP contribution in [0.4, 0.5) is 5.69 Å². The molecule has 0 bridgehead atoms. The summed E-state index contributed by atoms with van der Waals surface area (Å²) in [5, 5.41) is 4.20. The number of hydrogen-bond acceptors (Lipinski definition) is 4. The van der Waals surface area contributed by atoms with Gasteiger partial charge in [0.2, 0.25) is 0 Å². The van der Waals surface area contributed by atoms with Gasteiger partial charge in [0, 0.05) is 12.7 Å². The van der Waals surface area contributed by atoms with Gasteiger partial charge in [0.25, 0.3) is 10.0 Å². The van der Waals surface area contributed by atoms with Crippen LogP contribution in [0.3, 0.4) is 0 Å². The standard InChI is InChI=1S/C13H17N3O3S/c1-4-16-9-13(10(2)14-16)15-20(17,18)12-7-5-11(19-3)6-8-12/h5-9,15H,4H2,1-3H3. The zero-order chi connectivity index (χ0) is 14.8. The van der Waals surface area contributed by atoms with Crippen LogP contribution >= 0.6 is 0 Å². The van der Waals surface area contributed by atoms with Crippen molar-refractivity contribution in [2.45, 2.75) is 25.3 Å². The Balaban J connectivity index is 2.27. The zero-order valence-electron chi connectivity index (χ0n) is 11.6. The molecular weight excluding hydrogens is 278 g/mol. The molecule has 2 aromatic rings. The SMILES string of the molecule is CCn1cc(NS(=O)(=O)c2ccc(OC)cc2)c(C)n1. The highest BCUT2D eigenvalue weighted by Gasteiger charge is 2.16. The second-order valence-corrected chi connectivity index (χ2v) is 5.95. The molecule has 0 saturated carbocycles. The van der Waals surface area contributed by atoms with E-state index in [0.29, 0.717) is 23.7 Å². The number of anilines is 1. The molecule has 0 spiro atoms. The Hall–Kier alpha value is -2.02. The highest BCUT2D eigenvalue weighted by atomic mass is 32.2. The molecule has 0 unspecified atom stereocenters. The Bertz CT molecular complexity index is 690. The maximum atomic E-state index is 12.3. The van der Waals surface area contributed by atoms with Crippen LogP contribution < -0.4 is 9.46 Å². The van der Waals surface area contributed by atoms with Crippen molar-refractivity contribution >= 4 is 15.7 Å². The van der Waals surface area contributed by atoms with E-state index in [4.69, 9.17) is 4.74 Å². The minimum Gasteiger partial charge on any atom is -0.497 e. The van der Waals surface area contributed by atoms with Crippen LogP contribution in [0.25, 0.3) is 0 Å². The van der Waals surface area contributed by atoms with Crippen LogP contribution in [0.2, 0.25) is 0 Å². The summed E-state index contributed by atoms with van der Waals surface area (Å²) in [6.45, 7) is 4.39. The molecule has 0 aliphatic heterocycles. The van der Waals surface area contributed by atoms with Crippen molar-refractivity contribution in [3.63, 3.8) is 0 Å². The van der Waals surface area contributed by atoms with Crippen LogP contribution in [-0.2, 0) is 16.6 Å². The highest BCUT2D eigenvalue weighted by molar-refractivity contribution is 7.92. The van der Waals surface area contributed by atoms with Gasteiger partial charge in [-0.25, -0.2) is 8.42 Å². The van der Waals surface area contributed by atoms with Gasteiger partial charge in [0.05, 0.1) is 23.4 Å². The van der Waals surface area contributed by atoms with Crippen molar-refractivity contribution in [1.29, 1.82) is 0 Å². The van der Waals surface area contributed by atoms with Crippen molar-refractivity contribution in [1.82, 2.24) is 9.78 Å². The van der Waals surface area contributed by atoms with E-state index in [-0.39, 0.29) is 4.90 Å². The van der Waals surface area contributed by atoms with Crippen LogP contribution in [0.5, 0.6) is 5.75 Å². The van der Waals surface area contributed by atoms with Gasteiger partial charge >= 0.3 is 0 Å². The number of rotatable bonds is 5. The van der Waals surface area contributed by atoms with Gasteiger partial charge < -0.3 is 4.74 Å². The van der Waals surface area contributed by atoms with E-state index in [1.807, 2.05) is 6.92 Å². The lowest BCUT2D eigenvalue weighted by Crippen LogP contribution is -2.13. The van der Waals surface area contributed by atoms with Gasteiger partial charge in [0.15, 0.2) is 0 Å². The Morgan fingerprint density at radius 3 is 2.45 bits per heavy atom. The number of aromatic nitrogens is 2. The number of methoxy groups -OCH3 is 1. The maximum absolute atomic E-state index is 12.3. The average Bonchev–Trinajstić information content (AvgIpc) is 2.79. The highest BCUT2D eigenvalue weighted by Crippen LogP contribution is 2.20. The van der Waals surface area contributed by atoms with Gasteiger partial charge in [-0.15, -0.1) is 0 Å². The Morgan fingerprint density at radius 2 is 1.95 bits per heavy atom. The molecule has 0 fully saturated rings. The fourth-order valence-electron chi connectivity index (χ4n) is 1.74. The number of benzene rings is 1. The van der Waals surface area contributed by atoms with Crippen LogP contribution in [0.15, 0.2) is 35.4 Å². The summed E-state index contributed by atoms with van der Waals surface area (Å²) in [4.78, 5) is 0.182. The lowest BCUT2D eigenvalue weighted by Gasteiger charge is -2.07. The molecule has 0 atom stereocenters. The molecule has 6 nitrogen and oxygen atoms in total. The first-order valence-electron chi connectivity index (χ1n) is 6.17. The molecule has 1 aromatic carbocycles. The number of nitrogens with one attached hydrogen (secondary N) is 1. The van der Waals surface area contributed by atoms with E-state index >= 15 is 0 Å². The van der Waals surface area contributed by atoms with E-state index in [9.17, 15) is 8.42 Å². The quantitative estimate of drug-likeness (QED) is 0.916. The zero-order valence-corrected chi connectivity index (χ0v) is 12.4. The topological polar surface area (TPSA) is 73.2 Å². The minimum absolute atomic E-state index is 0.182. The van der Waals surface area contributed by atoms with Gasteiger partial charge in [-0.2, -0.15) is 5.10 Å². The normalized spacial score (nSPS) is 11.3. The third kappa shape index (κ3) is 2.93. The third-order valence-electron chi connectivity index (χ3n) is 2.88. The van der Waals surface area contributed by atoms with Crippen molar-refractivity contribution in [3.8, 4) is 5.75 Å². The van der Waals surface area contributed by atoms with Gasteiger partial charge in [-0.05, 0) is 38.1 Å². The molecule has 1 N–H and O–H groups in total. The third-order valence-corrected chi connectivity index (χ3v) is 4.27.